The van der Waals surface area contributed by atoms with Crippen molar-refractivity contribution in [3.63, 3.8) is 0 Å². The van der Waals surface area contributed by atoms with Crippen LogP contribution in [0.1, 0.15) is 75.5 Å². The van der Waals surface area contributed by atoms with Gasteiger partial charge >= 0.3 is 0 Å². The highest BCUT2D eigenvalue weighted by Crippen LogP contribution is 2.44. The first-order valence-corrected chi connectivity index (χ1v) is 8.02. The Morgan fingerprint density at radius 2 is 1.85 bits per heavy atom. The third-order valence-electron chi connectivity index (χ3n) is 4.72. The number of hydrogen-bond acceptors (Lipinski definition) is 2. The van der Waals surface area contributed by atoms with Gasteiger partial charge in [-0.3, -0.25) is 0 Å². The standard InChI is InChI=1S/C18H29NO/c1-5-14-9-10-15(13(2)3)16(17(14)20-4)18(19)11-7-6-8-12-18/h9-10,13H,5-8,11-12,19H2,1-4H3. The Morgan fingerprint density at radius 1 is 1.20 bits per heavy atom. The molecule has 0 saturated heterocycles. The average Bonchev–Trinajstić information content (AvgIpc) is 2.46. The molecule has 112 valence electrons. The first-order chi connectivity index (χ1) is 9.53. The van der Waals surface area contributed by atoms with E-state index >= 15 is 0 Å². The van der Waals surface area contributed by atoms with Crippen LogP contribution < -0.4 is 10.5 Å². The Kier molecular flexibility index (Phi) is 4.74. The molecule has 0 bridgehead atoms. The molecule has 0 unspecified atom stereocenters. The molecule has 0 spiro atoms. The highest BCUT2D eigenvalue weighted by Gasteiger charge is 2.35. The zero-order chi connectivity index (χ0) is 14.8. The van der Waals surface area contributed by atoms with Crippen LogP contribution in [0.25, 0.3) is 0 Å². The minimum atomic E-state index is -0.200. The third kappa shape index (κ3) is 2.71. The first-order valence-electron chi connectivity index (χ1n) is 8.02. The molecule has 2 N–H and O–H groups in total. The van der Waals surface area contributed by atoms with Crippen LogP contribution in [0.5, 0.6) is 5.75 Å². The number of nitrogens with two attached hydrogens (primary N) is 1. The fourth-order valence-electron chi connectivity index (χ4n) is 3.58. The molecule has 0 aliphatic heterocycles. The Bertz CT molecular complexity index is 459. The van der Waals surface area contributed by atoms with Gasteiger partial charge in [-0.25, -0.2) is 0 Å². The number of hydrogen-bond donors (Lipinski definition) is 1. The van der Waals surface area contributed by atoms with Crippen molar-refractivity contribution in [2.75, 3.05) is 7.11 Å². The van der Waals surface area contributed by atoms with Crippen molar-refractivity contribution >= 4 is 0 Å². The van der Waals surface area contributed by atoms with Gasteiger partial charge in [0.05, 0.1) is 7.11 Å². The Morgan fingerprint density at radius 3 is 2.35 bits per heavy atom. The summed E-state index contributed by atoms with van der Waals surface area (Å²) in [6.45, 7) is 6.67. The molecule has 0 radical (unpaired) electrons. The Labute approximate surface area is 123 Å². The molecule has 0 heterocycles. The van der Waals surface area contributed by atoms with Gasteiger partial charge in [-0.1, -0.05) is 52.2 Å². The van der Waals surface area contributed by atoms with Crippen molar-refractivity contribution < 1.29 is 4.74 Å². The lowest BCUT2D eigenvalue weighted by Crippen LogP contribution is -2.40. The molecule has 1 aromatic carbocycles. The van der Waals surface area contributed by atoms with Crippen LogP contribution in [0.4, 0.5) is 0 Å². The number of ether oxygens (including phenoxy) is 1. The van der Waals surface area contributed by atoms with Crippen LogP contribution in [-0.4, -0.2) is 7.11 Å². The lowest BCUT2D eigenvalue weighted by atomic mass is 9.73. The van der Waals surface area contributed by atoms with E-state index in [9.17, 15) is 0 Å². The van der Waals surface area contributed by atoms with Crippen LogP contribution in [0.3, 0.4) is 0 Å². The summed E-state index contributed by atoms with van der Waals surface area (Å²) >= 11 is 0. The predicted octanol–water partition coefficient (Wildman–Crippen LogP) is 4.50. The maximum absolute atomic E-state index is 6.84. The topological polar surface area (TPSA) is 35.2 Å². The van der Waals surface area contributed by atoms with Gasteiger partial charge in [0, 0.05) is 11.1 Å². The van der Waals surface area contributed by atoms with E-state index in [1.807, 2.05) is 0 Å². The van der Waals surface area contributed by atoms with Crippen LogP contribution >= 0.6 is 0 Å². The number of aryl methyl sites for hydroxylation is 1. The molecule has 0 atom stereocenters. The molecule has 0 aromatic heterocycles. The van der Waals surface area contributed by atoms with E-state index in [-0.39, 0.29) is 5.54 Å². The second-order valence-electron chi connectivity index (χ2n) is 6.45. The lowest BCUT2D eigenvalue weighted by Gasteiger charge is -2.37. The zero-order valence-electron chi connectivity index (χ0n) is 13.5. The molecule has 2 heteroatoms. The minimum Gasteiger partial charge on any atom is -0.496 e. The maximum Gasteiger partial charge on any atom is 0.127 e. The van der Waals surface area contributed by atoms with Crippen molar-refractivity contribution in [2.24, 2.45) is 5.73 Å². The molecule has 0 amide bonds. The number of methoxy groups -OCH3 is 1. The molecular weight excluding hydrogens is 246 g/mol. The molecular formula is C18H29NO. The van der Waals surface area contributed by atoms with E-state index in [1.54, 1.807) is 7.11 Å². The summed E-state index contributed by atoms with van der Waals surface area (Å²) in [7, 11) is 1.79. The summed E-state index contributed by atoms with van der Waals surface area (Å²) in [6.07, 6.45) is 6.92. The fourth-order valence-corrected chi connectivity index (χ4v) is 3.58. The van der Waals surface area contributed by atoms with Crippen molar-refractivity contribution in [2.45, 2.75) is 70.8 Å². The zero-order valence-corrected chi connectivity index (χ0v) is 13.5. The molecule has 1 saturated carbocycles. The minimum absolute atomic E-state index is 0.200. The quantitative estimate of drug-likeness (QED) is 0.878. The maximum atomic E-state index is 6.84. The van der Waals surface area contributed by atoms with Gasteiger partial charge < -0.3 is 10.5 Å². The van der Waals surface area contributed by atoms with Gasteiger partial charge in [0.15, 0.2) is 0 Å². The van der Waals surface area contributed by atoms with Crippen LogP contribution in [0.15, 0.2) is 12.1 Å². The van der Waals surface area contributed by atoms with Gasteiger partial charge in [0.25, 0.3) is 0 Å². The average molecular weight is 275 g/mol. The van der Waals surface area contributed by atoms with Crippen molar-refractivity contribution in [1.29, 1.82) is 0 Å². The van der Waals surface area contributed by atoms with Gasteiger partial charge in [-0.2, -0.15) is 0 Å². The summed E-state index contributed by atoms with van der Waals surface area (Å²) in [5, 5.41) is 0. The summed E-state index contributed by atoms with van der Waals surface area (Å²) in [6, 6.07) is 4.48. The second kappa shape index (κ2) is 6.17. The summed E-state index contributed by atoms with van der Waals surface area (Å²) in [5.74, 6) is 1.52. The summed E-state index contributed by atoms with van der Waals surface area (Å²) in [5.41, 5.74) is 10.6. The molecule has 1 aliphatic carbocycles. The highest BCUT2D eigenvalue weighted by atomic mass is 16.5. The highest BCUT2D eigenvalue weighted by molar-refractivity contribution is 5.51. The fraction of sp³-hybridized carbons (Fsp3) is 0.667. The predicted molar refractivity (Wildman–Crippen MR) is 85.4 cm³/mol. The van der Waals surface area contributed by atoms with E-state index in [0.717, 1.165) is 25.0 Å². The second-order valence-corrected chi connectivity index (χ2v) is 6.45. The lowest BCUT2D eigenvalue weighted by molar-refractivity contribution is 0.285. The molecule has 2 rings (SSSR count). The van der Waals surface area contributed by atoms with Crippen molar-refractivity contribution in [3.8, 4) is 5.75 Å². The largest absolute Gasteiger partial charge is 0.496 e. The van der Waals surface area contributed by atoms with E-state index in [2.05, 4.69) is 32.9 Å². The Hall–Kier alpha value is -1.02. The van der Waals surface area contributed by atoms with Crippen LogP contribution in [-0.2, 0) is 12.0 Å². The van der Waals surface area contributed by atoms with Gasteiger partial charge in [0.2, 0.25) is 0 Å². The number of benzene rings is 1. The first kappa shape index (κ1) is 15.4. The molecule has 1 aliphatic rings. The van der Waals surface area contributed by atoms with E-state index in [1.165, 1.54) is 36.0 Å². The van der Waals surface area contributed by atoms with Gasteiger partial charge in [-0.15, -0.1) is 0 Å². The van der Waals surface area contributed by atoms with Gasteiger partial charge in [-0.05, 0) is 36.3 Å². The molecule has 2 nitrogen and oxygen atoms in total. The Balaban J connectivity index is 2.62. The monoisotopic (exact) mass is 275 g/mol. The molecule has 1 fully saturated rings. The molecule has 20 heavy (non-hydrogen) atoms. The smallest absolute Gasteiger partial charge is 0.127 e. The third-order valence-corrected chi connectivity index (χ3v) is 4.72. The van der Waals surface area contributed by atoms with Crippen molar-refractivity contribution in [1.82, 2.24) is 0 Å². The summed E-state index contributed by atoms with van der Waals surface area (Å²) in [4.78, 5) is 0. The SMILES string of the molecule is CCc1ccc(C(C)C)c(C2(N)CCCCC2)c1OC. The van der Waals surface area contributed by atoms with Crippen LogP contribution in [0.2, 0.25) is 0 Å². The van der Waals surface area contributed by atoms with Crippen LogP contribution in [0, 0.1) is 0 Å². The number of rotatable bonds is 4. The van der Waals surface area contributed by atoms with E-state index in [4.69, 9.17) is 10.5 Å². The van der Waals surface area contributed by atoms with E-state index in [0.29, 0.717) is 5.92 Å². The molecule has 1 aromatic rings. The van der Waals surface area contributed by atoms with Gasteiger partial charge in [0.1, 0.15) is 5.75 Å². The normalized spacial score (nSPS) is 18.3. The van der Waals surface area contributed by atoms with E-state index < -0.39 is 0 Å². The summed E-state index contributed by atoms with van der Waals surface area (Å²) < 4.78 is 5.80. The van der Waals surface area contributed by atoms with Crippen molar-refractivity contribution in [3.05, 3.63) is 28.8 Å².